The van der Waals surface area contributed by atoms with Crippen molar-refractivity contribution in [2.75, 3.05) is 33.2 Å². The molecule has 0 unspecified atom stereocenters. The molecule has 7 heteroatoms. The Labute approximate surface area is 189 Å². The van der Waals surface area contributed by atoms with Crippen LogP contribution in [0.5, 0.6) is 17.2 Å². The largest absolute Gasteiger partial charge is 0.493 e. The molecule has 2 amide bonds. The van der Waals surface area contributed by atoms with Crippen LogP contribution in [-0.2, 0) is 9.59 Å². The number of nitrogens with zero attached hydrogens (tertiary/aromatic N) is 1. The highest BCUT2D eigenvalue weighted by atomic mass is 16.5. The molecule has 1 aromatic rings. The quantitative estimate of drug-likeness (QED) is 0.724. The van der Waals surface area contributed by atoms with Gasteiger partial charge in [-0.25, -0.2) is 0 Å². The second-order valence-corrected chi connectivity index (χ2v) is 10.3. The van der Waals surface area contributed by atoms with Gasteiger partial charge in [-0.3, -0.25) is 9.59 Å². The maximum absolute atomic E-state index is 13.8. The fourth-order valence-electron chi connectivity index (χ4n) is 7.34. The van der Waals surface area contributed by atoms with Crippen LogP contribution in [0.2, 0.25) is 0 Å². The van der Waals surface area contributed by atoms with Gasteiger partial charge in [-0.1, -0.05) is 0 Å². The third-order valence-electron chi connectivity index (χ3n) is 8.24. The number of ether oxygens (including phenoxy) is 3. The molecule has 4 saturated carbocycles. The fraction of sp³-hybridized carbons (Fsp3) is 0.680. The highest BCUT2D eigenvalue weighted by Gasteiger charge is 2.56. The minimum Gasteiger partial charge on any atom is -0.493 e. The fourth-order valence-corrected chi connectivity index (χ4v) is 7.34. The SMILES string of the molecule is COc1cc(NC(=O)[C@@H]2CCCN2C(=O)C23CC4CC(CC(C4)C2)C3)cc(OC)c1OC. The Bertz CT molecular complexity index is 853. The summed E-state index contributed by atoms with van der Waals surface area (Å²) in [5.41, 5.74) is 0.350. The van der Waals surface area contributed by atoms with Gasteiger partial charge in [0.05, 0.1) is 26.7 Å². The monoisotopic (exact) mass is 442 g/mol. The zero-order valence-electron chi connectivity index (χ0n) is 19.3. The van der Waals surface area contributed by atoms with Crippen molar-refractivity contribution < 1.29 is 23.8 Å². The summed E-state index contributed by atoms with van der Waals surface area (Å²) in [4.78, 5) is 29.0. The summed E-state index contributed by atoms with van der Waals surface area (Å²) in [6.07, 6.45) is 8.55. The lowest BCUT2D eigenvalue weighted by Gasteiger charge is -2.56. The van der Waals surface area contributed by atoms with E-state index >= 15 is 0 Å². The lowest BCUT2D eigenvalue weighted by molar-refractivity contribution is -0.160. The highest BCUT2D eigenvalue weighted by Crippen LogP contribution is 2.60. The Morgan fingerprint density at radius 3 is 2.00 bits per heavy atom. The van der Waals surface area contributed by atoms with E-state index in [9.17, 15) is 9.59 Å². The average Bonchev–Trinajstić information content (AvgIpc) is 3.26. The molecule has 1 aromatic carbocycles. The number of anilines is 1. The van der Waals surface area contributed by atoms with Crippen molar-refractivity contribution in [1.82, 2.24) is 4.90 Å². The first-order valence-corrected chi connectivity index (χ1v) is 11.9. The molecule has 7 nitrogen and oxygen atoms in total. The summed E-state index contributed by atoms with van der Waals surface area (Å²) in [5.74, 6) is 3.66. The van der Waals surface area contributed by atoms with Crippen molar-refractivity contribution in [2.45, 2.75) is 57.4 Å². The molecule has 4 aliphatic carbocycles. The van der Waals surface area contributed by atoms with Crippen molar-refractivity contribution in [2.24, 2.45) is 23.2 Å². The standard InChI is InChI=1S/C25H34N2O5/c1-30-20-10-18(11-21(31-2)22(20)32-3)26-23(28)19-5-4-6-27(19)24(29)25-12-15-7-16(13-25)9-17(8-15)14-25/h10-11,15-17,19H,4-9,12-14H2,1-3H3,(H,26,28)/t15?,16?,17?,19-,25?/m0/s1. The van der Waals surface area contributed by atoms with Gasteiger partial charge in [0.1, 0.15) is 6.04 Å². The third-order valence-corrected chi connectivity index (χ3v) is 8.24. The minimum absolute atomic E-state index is 0.144. The van der Waals surface area contributed by atoms with E-state index in [4.69, 9.17) is 14.2 Å². The maximum atomic E-state index is 13.8. The Morgan fingerprint density at radius 2 is 1.50 bits per heavy atom. The Morgan fingerprint density at radius 1 is 0.938 bits per heavy atom. The highest BCUT2D eigenvalue weighted by molar-refractivity contribution is 5.99. The van der Waals surface area contributed by atoms with Crippen LogP contribution in [0.25, 0.3) is 0 Å². The van der Waals surface area contributed by atoms with Gasteiger partial charge in [-0.05, 0) is 69.1 Å². The minimum atomic E-state index is -0.422. The number of benzene rings is 1. The molecule has 0 spiro atoms. The number of methoxy groups -OCH3 is 3. The Balaban J connectivity index is 1.34. The topological polar surface area (TPSA) is 77.1 Å². The molecule has 1 saturated heterocycles. The van der Waals surface area contributed by atoms with Gasteiger partial charge in [0.2, 0.25) is 17.6 Å². The first-order valence-electron chi connectivity index (χ1n) is 11.9. The van der Waals surface area contributed by atoms with Crippen molar-refractivity contribution in [3.8, 4) is 17.2 Å². The summed E-state index contributed by atoms with van der Waals surface area (Å²) < 4.78 is 16.2. The molecule has 5 fully saturated rings. The normalized spacial score (nSPS) is 32.7. The number of carbonyl (C=O) groups is 2. The number of hydrogen-bond acceptors (Lipinski definition) is 5. The van der Waals surface area contributed by atoms with E-state index in [1.165, 1.54) is 19.3 Å². The van der Waals surface area contributed by atoms with E-state index in [2.05, 4.69) is 5.32 Å². The van der Waals surface area contributed by atoms with E-state index in [0.717, 1.165) is 25.7 Å². The van der Waals surface area contributed by atoms with E-state index in [1.807, 2.05) is 4.90 Å². The van der Waals surface area contributed by atoms with E-state index in [0.29, 0.717) is 53.7 Å². The molecule has 174 valence electrons. The molecule has 5 aliphatic rings. The van der Waals surface area contributed by atoms with Crippen LogP contribution in [0.4, 0.5) is 5.69 Å². The van der Waals surface area contributed by atoms with Crippen molar-refractivity contribution in [3.63, 3.8) is 0 Å². The molecule has 1 N–H and O–H groups in total. The van der Waals surface area contributed by atoms with Gasteiger partial charge >= 0.3 is 0 Å². The molecule has 1 atom stereocenters. The number of carbonyl (C=O) groups excluding carboxylic acids is 2. The second-order valence-electron chi connectivity index (χ2n) is 10.3. The lowest BCUT2D eigenvalue weighted by Crippen LogP contribution is -2.56. The van der Waals surface area contributed by atoms with Crippen LogP contribution in [0.3, 0.4) is 0 Å². The van der Waals surface area contributed by atoms with Crippen LogP contribution in [-0.4, -0.2) is 50.6 Å². The lowest BCUT2D eigenvalue weighted by atomic mass is 9.49. The molecule has 4 bridgehead atoms. The van der Waals surface area contributed by atoms with Gasteiger partial charge < -0.3 is 24.4 Å². The maximum Gasteiger partial charge on any atom is 0.247 e. The first-order chi connectivity index (χ1) is 15.5. The van der Waals surface area contributed by atoms with Gasteiger partial charge in [0.15, 0.2) is 11.5 Å². The van der Waals surface area contributed by atoms with E-state index in [1.54, 1.807) is 33.5 Å². The zero-order valence-corrected chi connectivity index (χ0v) is 19.3. The van der Waals surface area contributed by atoms with Crippen LogP contribution in [0.15, 0.2) is 12.1 Å². The van der Waals surface area contributed by atoms with Gasteiger partial charge in [0.25, 0.3) is 0 Å². The van der Waals surface area contributed by atoms with E-state index in [-0.39, 0.29) is 17.2 Å². The van der Waals surface area contributed by atoms with Crippen molar-refractivity contribution >= 4 is 17.5 Å². The average molecular weight is 443 g/mol. The molecular weight excluding hydrogens is 408 g/mol. The first kappa shape index (κ1) is 21.4. The van der Waals surface area contributed by atoms with Gasteiger partial charge in [-0.15, -0.1) is 0 Å². The third kappa shape index (κ3) is 3.50. The summed E-state index contributed by atoms with van der Waals surface area (Å²) in [6, 6.07) is 3.02. The van der Waals surface area contributed by atoms with Crippen molar-refractivity contribution in [3.05, 3.63) is 12.1 Å². The molecule has 1 heterocycles. The van der Waals surface area contributed by atoms with Crippen LogP contribution < -0.4 is 19.5 Å². The predicted molar refractivity (Wildman–Crippen MR) is 120 cm³/mol. The Kier molecular flexibility index (Phi) is 5.46. The number of rotatable bonds is 6. The van der Waals surface area contributed by atoms with E-state index < -0.39 is 6.04 Å². The zero-order chi connectivity index (χ0) is 22.5. The van der Waals surface area contributed by atoms with Crippen molar-refractivity contribution in [1.29, 1.82) is 0 Å². The second kappa shape index (κ2) is 8.16. The van der Waals surface area contributed by atoms with Crippen LogP contribution >= 0.6 is 0 Å². The summed E-state index contributed by atoms with van der Waals surface area (Å²) in [6.45, 7) is 0.675. The number of amides is 2. The summed E-state index contributed by atoms with van der Waals surface area (Å²) in [5, 5.41) is 2.99. The summed E-state index contributed by atoms with van der Waals surface area (Å²) >= 11 is 0. The molecular formula is C25H34N2O5. The molecule has 0 aromatic heterocycles. The van der Waals surface area contributed by atoms with Crippen LogP contribution in [0, 0.1) is 23.2 Å². The van der Waals surface area contributed by atoms with Gasteiger partial charge in [-0.2, -0.15) is 0 Å². The smallest absolute Gasteiger partial charge is 0.247 e. The van der Waals surface area contributed by atoms with Crippen LogP contribution in [0.1, 0.15) is 51.4 Å². The molecule has 32 heavy (non-hydrogen) atoms. The Hall–Kier alpha value is -2.44. The number of hydrogen-bond donors (Lipinski definition) is 1. The molecule has 0 radical (unpaired) electrons. The molecule has 6 rings (SSSR count). The number of likely N-dealkylation sites (tertiary alicyclic amines) is 1. The predicted octanol–water partition coefficient (Wildman–Crippen LogP) is 3.86. The summed E-state index contributed by atoms with van der Waals surface area (Å²) in [7, 11) is 4.64. The molecule has 1 aliphatic heterocycles. The van der Waals surface area contributed by atoms with Gasteiger partial charge in [0, 0.05) is 24.4 Å². The number of nitrogens with one attached hydrogen (secondary N) is 1.